The predicted molar refractivity (Wildman–Crippen MR) is 85.6 cm³/mol. The molecule has 0 spiro atoms. The molecule has 0 saturated heterocycles. The molecule has 2 aromatic rings. The first-order chi connectivity index (χ1) is 9.63. The van der Waals surface area contributed by atoms with E-state index in [1.165, 1.54) is 28.7 Å². The monoisotopic (exact) mass is 369 g/mol. The fourth-order valence-electron chi connectivity index (χ4n) is 2.17. The van der Waals surface area contributed by atoms with Gasteiger partial charge in [0.15, 0.2) is 4.34 Å². The summed E-state index contributed by atoms with van der Waals surface area (Å²) in [6, 6.07) is 6.07. The van der Waals surface area contributed by atoms with Gasteiger partial charge in [0, 0.05) is 16.7 Å². The number of thioether (sulfide) groups is 1. The van der Waals surface area contributed by atoms with Crippen molar-refractivity contribution in [1.82, 2.24) is 10.2 Å². The molecule has 1 aromatic carbocycles. The second-order valence-corrected chi connectivity index (χ2v) is 7.76. The number of hydrogen-bond acceptors (Lipinski definition) is 5. The smallest absolute Gasteiger partial charge is 0.237 e. The molecule has 0 saturated carbocycles. The molecular formula is C13H12BrN3OS2. The summed E-state index contributed by atoms with van der Waals surface area (Å²) >= 11 is 6.45. The number of halogens is 1. The van der Waals surface area contributed by atoms with E-state index in [1.807, 2.05) is 24.0 Å². The van der Waals surface area contributed by atoms with Crippen molar-refractivity contribution in [3.63, 3.8) is 0 Å². The van der Waals surface area contributed by atoms with E-state index in [9.17, 15) is 4.79 Å². The Labute approximate surface area is 133 Å². The van der Waals surface area contributed by atoms with E-state index in [-0.39, 0.29) is 5.91 Å². The number of aromatic nitrogens is 2. The number of benzene rings is 1. The second-order valence-electron chi connectivity index (χ2n) is 4.44. The van der Waals surface area contributed by atoms with Crippen LogP contribution in [0.1, 0.15) is 10.6 Å². The molecule has 0 radical (unpaired) electrons. The van der Waals surface area contributed by atoms with Gasteiger partial charge in [-0.2, -0.15) is 0 Å². The molecule has 2 heterocycles. The first-order valence-corrected chi connectivity index (χ1v) is 8.75. The SMILES string of the molecule is Cc1nnc(SCC(=O)N2CCc3cc(Br)ccc32)s1. The van der Waals surface area contributed by atoms with Crippen LogP contribution in [0.15, 0.2) is 27.0 Å². The minimum absolute atomic E-state index is 0.129. The standard InChI is InChI=1S/C13H12BrN3OS2/c1-8-15-16-13(20-8)19-7-12(18)17-5-4-9-6-10(14)2-3-11(9)17/h2-3,6H,4-5,7H2,1H3. The molecule has 104 valence electrons. The van der Waals surface area contributed by atoms with Crippen LogP contribution in [0.4, 0.5) is 5.69 Å². The summed E-state index contributed by atoms with van der Waals surface area (Å²) in [7, 11) is 0. The molecule has 0 N–H and O–H groups in total. The molecule has 1 aliphatic rings. The maximum atomic E-state index is 12.3. The van der Waals surface area contributed by atoms with E-state index >= 15 is 0 Å². The Bertz CT molecular complexity index is 659. The van der Waals surface area contributed by atoms with Gasteiger partial charge in [0.25, 0.3) is 0 Å². The summed E-state index contributed by atoms with van der Waals surface area (Å²) in [5.74, 6) is 0.536. The molecule has 4 nitrogen and oxygen atoms in total. The van der Waals surface area contributed by atoms with E-state index in [0.717, 1.165) is 32.5 Å². The van der Waals surface area contributed by atoms with Crippen LogP contribution in [0.3, 0.4) is 0 Å². The normalized spacial score (nSPS) is 13.6. The zero-order valence-electron chi connectivity index (χ0n) is 10.8. The van der Waals surface area contributed by atoms with Gasteiger partial charge < -0.3 is 4.90 Å². The van der Waals surface area contributed by atoms with Gasteiger partial charge >= 0.3 is 0 Å². The lowest BCUT2D eigenvalue weighted by Gasteiger charge is -2.16. The molecule has 3 rings (SSSR count). The summed E-state index contributed by atoms with van der Waals surface area (Å²) in [4.78, 5) is 14.2. The summed E-state index contributed by atoms with van der Waals surface area (Å²) in [6.07, 6.45) is 0.920. The van der Waals surface area contributed by atoms with E-state index in [4.69, 9.17) is 0 Å². The number of nitrogens with zero attached hydrogens (tertiary/aromatic N) is 3. The lowest BCUT2D eigenvalue weighted by molar-refractivity contribution is -0.116. The Morgan fingerprint density at radius 2 is 2.35 bits per heavy atom. The summed E-state index contributed by atoms with van der Waals surface area (Å²) in [5, 5.41) is 8.91. The maximum absolute atomic E-state index is 12.3. The van der Waals surface area contributed by atoms with Gasteiger partial charge in [0.1, 0.15) is 5.01 Å². The van der Waals surface area contributed by atoms with Gasteiger partial charge in [-0.05, 0) is 37.1 Å². The van der Waals surface area contributed by atoms with Crippen molar-refractivity contribution in [3.8, 4) is 0 Å². The van der Waals surface area contributed by atoms with Crippen LogP contribution in [-0.2, 0) is 11.2 Å². The zero-order chi connectivity index (χ0) is 14.1. The van der Waals surface area contributed by atoms with Crippen molar-refractivity contribution >= 4 is 50.6 Å². The topological polar surface area (TPSA) is 46.1 Å². The van der Waals surface area contributed by atoms with Crippen LogP contribution >= 0.6 is 39.0 Å². The van der Waals surface area contributed by atoms with Gasteiger partial charge in [-0.15, -0.1) is 10.2 Å². The van der Waals surface area contributed by atoms with Gasteiger partial charge in [-0.3, -0.25) is 4.79 Å². The van der Waals surface area contributed by atoms with Crippen LogP contribution in [0, 0.1) is 6.92 Å². The number of carbonyl (C=O) groups excluding carboxylic acids is 1. The number of rotatable bonds is 3. The highest BCUT2D eigenvalue weighted by atomic mass is 79.9. The van der Waals surface area contributed by atoms with Crippen molar-refractivity contribution in [2.75, 3.05) is 17.2 Å². The van der Waals surface area contributed by atoms with Crippen LogP contribution in [-0.4, -0.2) is 28.4 Å². The van der Waals surface area contributed by atoms with E-state index < -0.39 is 0 Å². The van der Waals surface area contributed by atoms with Crippen molar-refractivity contribution in [2.24, 2.45) is 0 Å². The van der Waals surface area contributed by atoms with E-state index in [1.54, 1.807) is 0 Å². The lowest BCUT2D eigenvalue weighted by Crippen LogP contribution is -2.30. The van der Waals surface area contributed by atoms with E-state index in [0.29, 0.717) is 5.75 Å². The number of carbonyl (C=O) groups is 1. The molecule has 0 bridgehead atoms. The first-order valence-electron chi connectivity index (χ1n) is 6.15. The van der Waals surface area contributed by atoms with Crippen LogP contribution in [0.25, 0.3) is 0 Å². The Hall–Kier alpha value is -0.920. The van der Waals surface area contributed by atoms with Crippen molar-refractivity contribution in [3.05, 3.63) is 33.2 Å². The summed E-state index contributed by atoms with van der Waals surface area (Å²) in [5.41, 5.74) is 2.26. The largest absolute Gasteiger partial charge is 0.311 e. The average molecular weight is 370 g/mol. The molecule has 0 atom stereocenters. The van der Waals surface area contributed by atoms with Crippen LogP contribution in [0.2, 0.25) is 0 Å². The van der Waals surface area contributed by atoms with Crippen LogP contribution in [0.5, 0.6) is 0 Å². The highest BCUT2D eigenvalue weighted by Gasteiger charge is 2.24. The summed E-state index contributed by atoms with van der Waals surface area (Å²) < 4.78 is 1.91. The van der Waals surface area contributed by atoms with Crippen molar-refractivity contribution < 1.29 is 4.79 Å². The number of anilines is 1. The molecule has 20 heavy (non-hydrogen) atoms. The molecule has 0 unspecified atom stereocenters. The Balaban J connectivity index is 1.67. The fraction of sp³-hybridized carbons (Fsp3) is 0.308. The third-order valence-electron chi connectivity index (χ3n) is 3.06. The minimum atomic E-state index is 0.129. The Morgan fingerprint density at radius 3 is 3.10 bits per heavy atom. The van der Waals surface area contributed by atoms with Crippen molar-refractivity contribution in [2.45, 2.75) is 17.7 Å². The third-order valence-corrected chi connectivity index (χ3v) is 5.51. The third kappa shape index (κ3) is 2.89. The Morgan fingerprint density at radius 1 is 1.50 bits per heavy atom. The maximum Gasteiger partial charge on any atom is 0.237 e. The van der Waals surface area contributed by atoms with Gasteiger partial charge in [-0.25, -0.2) is 0 Å². The van der Waals surface area contributed by atoms with E-state index in [2.05, 4.69) is 32.2 Å². The highest BCUT2D eigenvalue weighted by Crippen LogP contribution is 2.31. The average Bonchev–Trinajstić information content (AvgIpc) is 3.01. The highest BCUT2D eigenvalue weighted by molar-refractivity contribution is 9.10. The van der Waals surface area contributed by atoms with Gasteiger partial charge in [0.05, 0.1) is 5.75 Å². The summed E-state index contributed by atoms with van der Waals surface area (Å²) in [6.45, 7) is 2.68. The number of aryl methyl sites for hydroxylation is 1. The quantitative estimate of drug-likeness (QED) is 0.778. The number of hydrogen-bond donors (Lipinski definition) is 0. The molecule has 0 fully saturated rings. The first kappa shape index (κ1) is 14.0. The van der Waals surface area contributed by atoms with Crippen LogP contribution < -0.4 is 4.90 Å². The Kier molecular flexibility index (Phi) is 4.09. The van der Waals surface area contributed by atoms with Gasteiger partial charge in [-0.1, -0.05) is 39.0 Å². The lowest BCUT2D eigenvalue weighted by atomic mass is 10.2. The minimum Gasteiger partial charge on any atom is -0.311 e. The molecule has 1 aliphatic heterocycles. The number of fused-ring (bicyclic) bond motifs is 1. The molecular weight excluding hydrogens is 358 g/mol. The zero-order valence-corrected chi connectivity index (χ0v) is 14.0. The predicted octanol–water partition coefficient (Wildman–Crippen LogP) is 3.29. The molecule has 1 aromatic heterocycles. The molecule has 7 heteroatoms. The van der Waals surface area contributed by atoms with Gasteiger partial charge in [0.2, 0.25) is 5.91 Å². The van der Waals surface area contributed by atoms with Crippen molar-refractivity contribution in [1.29, 1.82) is 0 Å². The fourth-order valence-corrected chi connectivity index (χ4v) is 4.27. The molecule has 1 amide bonds. The second kappa shape index (κ2) is 5.83. The number of amides is 1. The molecule has 0 aliphatic carbocycles.